The largest absolute Gasteiger partial charge is 0.349 e. The van der Waals surface area contributed by atoms with Gasteiger partial charge < -0.3 is 5.32 Å². The Morgan fingerprint density at radius 2 is 1.91 bits per heavy atom. The SMILES string of the molecule is Cc1ccc(C(=O)CCC(=O)N[C@H](C)c2cccs2)cc1C. The van der Waals surface area contributed by atoms with Crippen LogP contribution in [0.2, 0.25) is 0 Å². The molecule has 2 aromatic rings. The molecule has 0 saturated carbocycles. The quantitative estimate of drug-likeness (QED) is 0.812. The number of carbonyl (C=O) groups excluding carboxylic acids is 2. The van der Waals surface area contributed by atoms with E-state index >= 15 is 0 Å². The molecule has 22 heavy (non-hydrogen) atoms. The van der Waals surface area contributed by atoms with Crippen LogP contribution >= 0.6 is 11.3 Å². The maximum absolute atomic E-state index is 12.1. The second kappa shape index (κ2) is 7.36. The van der Waals surface area contributed by atoms with Crippen molar-refractivity contribution in [3.05, 3.63) is 57.3 Å². The number of ketones is 1. The first-order valence-electron chi connectivity index (χ1n) is 7.40. The fourth-order valence-electron chi connectivity index (χ4n) is 2.21. The van der Waals surface area contributed by atoms with Crippen molar-refractivity contribution in [3.63, 3.8) is 0 Å². The van der Waals surface area contributed by atoms with Crippen molar-refractivity contribution >= 4 is 23.0 Å². The van der Waals surface area contributed by atoms with E-state index in [0.29, 0.717) is 5.56 Å². The second-order valence-electron chi connectivity index (χ2n) is 5.53. The third-order valence-corrected chi connectivity index (χ3v) is 4.81. The molecule has 3 nitrogen and oxygen atoms in total. The smallest absolute Gasteiger partial charge is 0.220 e. The zero-order valence-electron chi connectivity index (χ0n) is 13.2. The van der Waals surface area contributed by atoms with Gasteiger partial charge in [0.25, 0.3) is 0 Å². The lowest BCUT2D eigenvalue weighted by Gasteiger charge is -2.12. The van der Waals surface area contributed by atoms with Gasteiger partial charge >= 0.3 is 0 Å². The molecule has 1 aromatic heterocycles. The molecule has 0 aliphatic rings. The van der Waals surface area contributed by atoms with Crippen molar-refractivity contribution < 1.29 is 9.59 Å². The van der Waals surface area contributed by atoms with E-state index < -0.39 is 0 Å². The van der Waals surface area contributed by atoms with Crippen LogP contribution in [0.5, 0.6) is 0 Å². The summed E-state index contributed by atoms with van der Waals surface area (Å²) < 4.78 is 0. The molecule has 0 fully saturated rings. The molecule has 1 N–H and O–H groups in total. The first-order valence-corrected chi connectivity index (χ1v) is 8.28. The van der Waals surface area contributed by atoms with Crippen molar-refractivity contribution in [3.8, 4) is 0 Å². The van der Waals surface area contributed by atoms with E-state index in [1.165, 1.54) is 5.56 Å². The van der Waals surface area contributed by atoms with E-state index in [9.17, 15) is 9.59 Å². The van der Waals surface area contributed by atoms with E-state index in [2.05, 4.69) is 5.32 Å². The third kappa shape index (κ3) is 4.28. The first-order chi connectivity index (χ1) is 10.5. The molecule has 4 heteroatoms. The van der Waals surface area contributed by atoms with Crippen LogP contribution in [0.25, 0.3) is 0 Å². The highest BCUT2D eigenvalue weighted by Crippen LogP contribution is 2.18. The van der Waals surface area contributed by atoms with Crippen LogP contribution in [0.4, 0.5) is 0 Å². The van der Waals surface area contributed by atoms with Crippen molar-refractivity contribution in [2.75, 3.05) is 0 Å². The van der Waals surface area contributed by atoms with Gasteiger partial charge in [0.2, 0.25) is 5.91 Å². The summed E-state index contributed by atoms with van der Waals surface area (Å²) in [5.41, 5.74) is 2.95. The summed E-state index contributed by atoms with van der Waals surface area (Å²) in [6, 6.07) is 9.62. The zero-order chi connectivity index (χ0) is 16.1. The first kappa shape index (κ1) is 16.4. The zero-order valence-corrected chi connectivity index (χ0v) is 14.0. The number of rotatable bonds is 6. The Hall–Kier alpha value is -1.94. The minimum atomic E-state index is -0.0851. The summed E-state index contributed by atoms with van der Waals surface area (Å²) in [6.45, 7) is 5.96. The minimum Gasteiger partial charge on any atom is -0.349 e. The van der Waals surface area contributed by atoms with Crippen LogP contribution < -0.4 is 5.32 Å². The molecule has 1 heterocycles. The third-order valence-electron chi connectivity index (χ3n) is 3.76. The second-order valence-corrected chi connectivity index (χ2v) is 6.51. The number of Topliss-reactive ketones (excluding diaryl/α,β-unsaturated/α-hetero) is 1. The molecule has 1 aromatic carbocycles. The van der Waals surface area contributed by atoms with Gasteiger partial charge in [-0.05, 0) is 49.4 Å². The highest BCUT2D eigenvalue weighted by atomic mass is 32.1. The summed E-state index contributed by atoms with van der Waals surface area (Å²) in [6.07, 6.45) is 0.465. The topological polar surface area (TPSA) is 46.2 Å². The van der Waals surface area contributed by atoms with Gasteiger partial charge in [-0.2, -0.15) is 0 Å². The number of nitrogens with one attached hydrogen (secondary N) is 1. The lowest BCUT2D eigenvalue weighted by Crippen LogP contribution is -2.26. The molecular weight excluding hydrogens is 294 g/mol. The fraction of sp³-hybridized carbons (Fsp3) is 0.333. The molecule has 0 spiro atoms. The van der Waals surface area contributed by atoms with E-state index in [-0.39, 0.29) is 30.6 Å². The summed E-state index contributed by atoms with van der Waals surface area (Å²) in [4.78, 5) is 25.2. The van der Waals surface area contributed by atoms with Gasteiger partial charge in [-0.3, -0.25) is 9.59 Å². The number of carbonyl (C=O) groups is 2. The molecule has 116 valence electrons. The standard InChI is InChI=1S/C18H21NO2S/c1-12-6-7-15(11-13(12)2)16(20)8-9-18(21)19-14(3)17-5-4-10-22-17/h4-7,10-11,14H,8-9H2,1-3H3,(H,19,21)/t14-/m1/s1. The number of benzene rings is 1. The van der Waals surface area contributed by atoms with Gasteiger partial charge in [0.05, 0.1) is 6.04 Å². The predicted octanol–water partition coefficient (Wildman–Crippen LogP) is 4.21. The van der Waals surface area contributed by atoms with Crippen LogP contribution in [-0.4, -0.2) is 11.7 Å². The van der Waals surface area contributed by atoms with E-state index in [4.69, 9.17) is 0 Å². The average Bonchev–Trinajstić information content (AvgIpc) is 3.02. The minimum absolute atomic E-state index is 0.00998. The Morgan fingerprint density at radius 1 is 1.14 bits per heavy atom. The molecule has 0 aliphatic heterocycles. The van der Waals surface area contributed by atoms with E-state index in [1.807, 2.05) is 56.5 Å². The Balaban J connectivity index is 1.85. The van der Waals surface area contributed by atoms with Gasteiger partial charge in [0.15, 0.2) is 5.78 Å². The van der Waals surface area contributed by atoms with Gasteiger partial charge in [0, 0.05) is 23.3 Å². The summed E-state index contributed by atoms with van der Waals surface area (Å²) in [7, 11) is 0. The van der Waals surface area contributed by atoms with Gasteiger partial charge in [-0.15, -0.1) is 11.3 Å². The fourth-order valence-corrected chi connectivity index (χ4v) is 2.94. The Bertz CT molecular complexity index is 662. The summed E-state index contributed by atoms with van der Waals surface area (Å²) in [5.74, 6) is -0.0693. The van der Waals surface area contributed by atoms with Crippen LogP contribution in [0.1, 0.15) is 52.2 Å². The van der Waals surface area contributed by atoms with Crippen molar-refractivity contribution in [1.29, 1.82) is 0 Å². The Morgan fingerprint density at radius 3 is 2.55 bits per heavy atom. The molecule has 2 rings (SSSR count). The van der Waals surface area contributed by atoms with Gasteiger partial charge in [0.1, 0.15) is 0 Å². The summed E-state index contributed by atoms with van der Waals surface area (Å²) in [5, 5.41) is 4.92. The van der Waals surface area contributed by atoms with Crippen LogP contribution in [0.15, 0.2) is 35.7 Å². The highest BCUT2D eigenvalue weighted by molar-refractivity contribution is 7.10. The van der Waals surface area contributed by atoms with Gasteiger partial charge in [-0.25, -0.2) is 0 Å². The van der Waals surface area contributed by atoms with Crippen molar-refractivity contribution in [2.45, 2.75) is 39.7 Å². The molecule has 0 unspecified atom stereocenters. The van der Waals surface area contributed by atoms with Crippen LogP contribution in [0.3, 0.4) is 0 Å². The predicted molar refractivity (Wildman–Crippen MR) is 90.4 cm³/mol. The molecule has 0 saturated heterocycles. The Kier molecular flexibility index (Phi) is 5.50. The van der Waals surface area contributed by atoms with Crippen molar-refractivity contribution in [2.24, 2.45) is 0 Å². The van der Waals surface area contributed by atoms with Crippen molar-refractivity contribution in [1.82, 2.24) is 5.32 Å². The molecule has 0 bridgehead atoms. The maximum Gasteiger partial charge on any atom is 0.220 e. The number of hydrogen-bond donors (Lipinski definition) is 1. The lowest BCUT2D eigenvalue weighted by molar-refractivity contribution is -0.121. The molecule has 0 aliphatic carbocycles. The highest BCUT2D eigenvalue weighted by Gasteiger charge is 2.13. The molecule has 1 amide bonds. The maximum atomic E-state index is 12.1. The molecular formula is C18H21NO2S. The van der Waals surface area contributed by atoms with Crippen LogP contribution in [0, 0.1) is 13.8 Å². The van der Waals surface area contributed by atoms with E-state index in [1.54, 1.807) is 11.3 Å². The summed E-state index contributed by atoms with van der Waals surface area (Å²) >= 11 is 1.62. The molecule has 0 radical (unpaired) electrons. The molecule has 1 atom stereocenters. The van der Waals surface area contributed by atoms with Crippen LogP contribution in [-0.2, 0) is 4.79 Å². The normalized spacial score (nSPS) is 12.0. The monoisotopic (exact) mass is 315 g/mol. The van der Waals surface area contributed by atoms with Gasteiger partial charge in [-0.1, -0.05) is 18.2 Å². The number of aryl methyl sites for hydroxylation is 2. The number of hydrogen-bond acceptors (Lipinski definition) is 3. The average molecular weight is 315 g/mol. The number of thiophene rings is 1. The Labute approximate surface area is 135 Å². The lowest BCUT2D eigenvalue weighted by atomic mass is 10.0. The van der Waals surface area contributed by atoms with E-state index in [0.717, 1.165) is 10.4 Å². The number of amides is 1.